The summed E-state index contributed by atoms with van der Waals surface area (Å²) in [5, 5.41) is 4.42. The fourth-order valence-electron chi connectivity index (χ4n) is 1.54. The number of nitrogens with two attached hydrogens (primary N) is 1. The predicted octanol–water partition coefficient (Wildman–Crippen LogP) is 2.61. The first-order valence-electron chi connectivity index (χ1n) is 5.83. The van der Waals surface area contributed by atoms with Crippen molar-refractivity contribution >= 4 is 39.4 Å². The molecule has 0 aliphatic heterocycles. The highest BCUT2D eigenvalue weighted by molar-refractivity contribution is 7.87. The van der Waals surface area contributed by atoms with E-state index in [1.165, 1.54) is 23.5 Å². The molecule has 1 heterocycles. The zero-order chi connectivity index (χ0) is 14.5. The normalized spacial score (nSPS) is 12.1. The van der Waals surface area contributed by atoms with Gasteiger partial charge in [-0.2, -0.15) is 0 Å². The van der Waals surface area contributed by atoms with E-state index in [4.69, 9.17) is 5.73 Å². The maximum Gasteiger partial charge on any atom is 0.225 e. The molecule has 0 spiro atoms. The summed E-state index contributed by atoms with van der Waals surface area (Å²) in [6.07, 6.45) is 0.112. The molecule has 0 aliphatic carbocycles. The van der Waals surface area contributed by atoms with Gasteiger partial charge in [-0.15, -0.1) is 11.3 Å². The summed E-state index contributed by atoms with van der Waals surface area (Å²) in [5.74, 6) is -0.513. The first-order chi connectivity index (χ1) is 9.56. The Bertz CT molecular complexity index is 629. The SMILES string of the molecule is Nc1cc(F)ccc1NC(=O)CCS(=O)c1cccs1. The topological polar surface area (TPSA) is 72.2 Å². The van der Waals surface area contributed by atoms with E-state index < -0.39 is 16.6 Å². The Labute approximate surface area is 122 Å². The minimum Gasteiger partial charge on any atom is -0.397 e. The van der Waals surface area contributed by atoms with Crippen LogP contribution in [0.4, 0.5) is 15.8 Å². The van der Waals surface area contributed by atoms with E-state index >= 15 is 0 Å². The first-order valence-corrected chi connectivity index (χ1v) is 8.03. The Hall–Kier alpha value is -1.73. The highest BCUT2D eigenvalue weighted by Gasteiger charge is 2.10. The summed E-state index contributed by atoms with van der Waals surface area (Å²) < 4.78 is 25.5. The van der Waals surface area contributed by atoms with Gasteiger partial charge in [-0.05, 0) is 29.6 Å². The van der Waals surface area contributed by atoms with Crippen molar-refractivity contribution < 1.29 is 13.4 Å². The molecule has 0 radical (unpaired) electrons. The van der Waals surface area contributed by atoms with Crippen LogP contribution >= 0.6 is 11.3 Å². The second-order valence-corrected chi connectivity index (χ2v) is 6.76. The summed E-state index contributed by atoms with van der Waals surface area (Å²) in [4.78, 5) is 11.7. The number of carbonyl (C=O) groups is 1. The van der Waals surface area contributed by atoms with Crippen molar-refractivity contribution in [3.05, 3.63) is 41.5 Å². The number of hydrogen-bond donors (Lipinski definition) is 2. The molecule has 0 saturated heterocycles. The molecular weight excluding hydrogens is 299 g/mol. The lowest BCUT2D eigenvalue weighted by Gasteiger charge is -2.07. The second kappa shape index (κ2) is 6.62. The highest BCUT2D eigenvalue weighted by atomic mass is 32.2. The van der Waals surface area contributed by atoms with Gasteiger partial charge in [-0.1, -0.05) is 6.07 Å². The molecule has 0 aliphatic rings. The molecule has 0 bridgehead atoms. The first kappa shape index (κ1) is 14.7. The molecule has 3 N–H and O–H groups in total. The molecule has 1 atom stereocenters. The van der Waals surface area contributed by atoms with Crippen LogP contribution in [-0.4, -0.2) is 15.9 Å². The molecule has 2 rings (SSSR count). The number of thiophene rings is 1. The van der Waals surface area contributed by atoms with Crippen LogP contribution in [-0.2, 0) is 15.6 Å². The molecule has 20 heavy (non-hydrogen) atoms. The third kappa shape index (κ3) is 3.88. The number of rotatable bonds is 5. The Morgan fingerprint density at radius 2 is 2.20 bits per heavy atom. The summed E-state index contributed by atoms with van der Waals surface area (Å²) >= 11 is 1.40. The molecule has 0 saturated carbocycles. The van der Waals surface area contributed by atoms with Crippen LogP contribution in [0.15, 0.2) is 39.9 Å². The maximum absolute atomic E-state index is 12.9. The Morgan fingerprint density at radius 3 is 2.85 bits per heavy atom. The fourth-order valence-corrected chi connectivity index (χ4v) is 3.64. The monoisotopic (exact) mass is 312 g/mol. The van der Waals surface area contributed by atoms with Crippen LogP contribution in [0.3, 0.4) is 0 Å². The Morgan fingerprint density at radius 1 is 1.40 bits per heavy atom. The van der Waals surface area contributed by atoms with Gasteiger partial charge in [0.25, 0.3) is 0 Å². The lowest BCUT2D eigenvalue weighted by atomic mass is 10.2. The van der Waals surface area contributed by atoms with Crippen molar-refractivity contribution in [3.63, 3.8) is 0 Å². The summed E-state index contributed by atoms with van der Waals surface area (Å²) in [6.45, 7) is 0. The van der Waals surface area contributed by atoms with E-state index in [9.17, 15) is 13.4 Å². The van der Waals surface area contributed by atoms with Gasteiger partial charge in [-0.3, -0.25) is 9.00 Å². The fraction of sp³-hybridized carbons (Fsp3) is 0.154. The van der Waals surface area contributed by atoms with Crippen LogP contribution in [0.1, 0.15) is 6.42 Å². The molecule has 1 aromatic heterocycles. The Kier molecular flexibility index (Phi) is 4.86. The minimum absolute atomic E-state index is 0.112. The third-order valence-electron chi connectivity index (χ3n) is 2.52. The van der Waals surface area contributed by atoms with Crippen molar-refractivity contribution in [2.24, 2.45) is 0 Å². The van der Waals surface area contributed by atoms with Crippen molar-refractivity contribution in [2.75, 3.05) is 16.8 Å². The zero-order valence-corrected chi connectivity index (χ0v) is 12.1. The molecule has 1 amide bonds. The molecule has 4 nitrogen and oxygen atoms in total. The smallest absolute Gasteiger partial charge is 0.225 e. The van der Waals surface area contributed by atoms with E-state index in [2.05, 4.69) is 5.32 Å². The van der Waals surface area contributed by atoms with E-state index in [-0.39, 0.29) is 23.8 Å². The van der Waals surface area contributed by atoms with Crippen molar-refractivity contribution in [1.82, 2.24) is 0 Å². The van der Waals surface area contributed by atoms with Crippen molar-refractivity contribution in [2.45, 2.75) is 10.6 Å². The van der Waals surface area contributed by atoms with Crippen molar-refractivity contribution in [1.29, 1.82) is 0 Å². The highest BCUT2D eigenvalue weighted by Crippen LogP contribution is 2.19. The van der Waals surface area contributed by atoms with Crippen LogP contribution in [0, 0.1) is 5.82 Å². The van der Waals surface area contributed by atoms with Gasteiger partial charge < -0.3 is 11.1 Å². The average molecular weight is 312 g/mol. The van der Waals surface area contributed by atoms with Crippen LogP contribution in [0.25, 0.3) is 0 Å². The van der Waals surface area contributed by atoms with E-state index in [1.807, 2.05) is 11.4 Å². The quantitative estimate of drug-likeness (QED) is 0.834. The lowest BCUT2D eigenvalue weighted by molar-refractivity contribution is -0.115. The van der Waals surface area contributed by atoms with Gasteiger partial charge in [0.2, 0.25) is 5.91 Å². The van der Waals surface area contributed by atoms with E-state index in [0.717, 1.165) is 10.3 Å². The molecule has 106 valence electrons. The second-order valence-electron chi connectivity index (χ2n) is 4.01. The summed E-state index contributed by atoms with van der Waals surface area (Å²) in [7, 11) is -1.17. The van der Waals surface area contributed by atoms with Crippen LogP contribution < -0.4 is 11.1 Å². The number of anilines is 2. The van der Waals surface area contributed by atoms with Gasteiger partial charge in [0.1, 0.15) is 5.82 Å². The maximum atomic E-state index is 12.9. The summed E-state index contributed by atoms with van der Waals surface area (Å²) in [6, 6.07) is 7.35. The van der Waals surface area contributed by atoms with Gasteiger partial charge in [-0.25, -0.2) is 4.39 Å². The average Bonchev–Trinajstić information content (AvgIpc) is 2.93. The standard InChI is InChI=1S/C13H13FN2O2S2/c14-9-3-4-11(10(15)8-9)16-12(17)5-7-20(18)13-2-1-6-19-13/h1-4,6,8H,5,7,15H2,(H,16,17). The number of benzene rings is 1. The molecule has 2 aromatic rings. The number of amides is 1. The summed E-state index contributed by atoms with van der Waals surface area (Å²) in [5.41, 5.74) is 6.11. The molecule has 0 fully saturated rings. The predicted molar refractivity (Wildman–Crippen MR) is 79.7 cm³/mol. The number of carbonyl (C=O) groups excluding carboxylic acids is 1. The number of hydrogen-bond acceptors (Lipinski definition) is 4. The zero-order valence-electron chi connectivity index (χ0n) is 10.5. The number of nitrogens with one attached hydrogen (secondary N) is 1. The largest absolute Gasteiger partial charge is 0.397 e. The van der Waals surface area contributed by atoms with Gasteiger partial charge >= 0.3 is 0 Å². The van der Waals surface area contributed by atoms with Gasteiger partial charge in [0.15, 0.2) is 0 Å². The minimum atomic E-state index is -1.17. The van der Waals surface area contributed by atoms with Crippen LogP contribution in [0.5, 0.6) is 0 Å². The molecular formula is C13H13FN2O2S2. The Balaban J connectivity index is 1.88. The third-order valence-corrected chi connectivity index (χ3v) is 5.19. The van der Waals surface area contributed by atoms with Gasteiger partial charge in [0.05, 0.1) is 26.4 Å². The van der Waals surface area contributed by atoms with Crippen molar-refractivity contribution in [3.8, 4) is 0 Å². The number of nitrogen functional groups attached to an aromatic ring is 1. The van der Waals surface area contributed by atoms with Crippen LogP contribution in [0.2, 0.25) is 0 Å². The lowest BCUT2D eigenvalue weighted by Crippen LogP contribution is -2.15. The molecule has 1 unspecified atom stereocenters. The van der Waals surface area contributed by atoms with E-state index in [1.54, 1.807) is 6.07 Å². The molecule has 1 aromatic carbocycles. The molecule has 7 heteroatoms. The van der Waals surface area contributed by atoms with E-state index in [0.29, 0.717) is 5.69 Å². The number of halogens is 1. The van der Waals surface area contributed by atoms with Gasteiger partial charge in [0, 0.05) is 12.2 Å².